The zero-order valence-corrected chi connectivity index (χ0v) is 13.1. The van der Waals surface area contributed by atoms with E-state index in [1.54, 1.807) is 24.1 Å². The van der Waals surface area contributed by atoms with Crippen LogP contribution in [0.15, 0.2) is 48.5 Å². The molecule has 5 heteroatoms. The number of nitrogens with zero attached hydrogens (tertiary/aromatic N) is 1. The Kier molecular flexibility index (Phi) is 5.65. The summed E-state index contributed by atoms with van der Waals surface area (Å²) in [5.41, 5.74) is 1.28. The molecule has 2 aromatic rings. The van der Waals surface area contributed by atoms with Gasteiger partial charge < -0.3 is 4.90 Å². The Morgan fingerprint density at radius 2 is 1.90 bits per heavy atom. The van der Waals surface area contributed by atoms with E-state index < -0.39 is 0 Å². The molecule has 0 radical (unpaired) electrons. The van der Waals surface area contributed by atoms with Crippen LogP contribution < -0.4 is 4.90 Å². The fourth-order valence-corrected chi connectivity index (χ4v) is 3.08. The zero-order valence-electron chi connectivity index (χ0n) is 11.6. The Morgan fingerprint density at radius 1 is 1.19 bits per heavy atom. The summed E-state index contributed by atoms with van der Waals surface area (Å²) in [6.45, 7) is 0. The number of carbonyl (C=O) groups excluding carboxylic acids is 1. The van der Waals surface area contributed by atoms with Crippen molar-refractivity contribution in [2.75, 3.05) is 17.7 Å². The predicted octanol–water partition coefficient (Wildman–Crippen LogP) is 4.38. The van der Waals surface area contributed by atoms with Crippen molar-refractivity contribution in [1.29, 1.82) is 0 Å². The summed E-state index contributed by atoms with van der Waals surface area (Å²) in [7, 11) is 1.73. The summed E-state index contributed by atoms with van der Waals surface area (Å²) in [5.74, 6) is 0.285. The molecule has 2 rings (SSSR count). The standard InChI is InChI=1S/C16H15ClFNOS/c1-19(12-6-3-2-4-7-12)16(20)11-21-10-13-14(17)8-5-9-15(13)18/h2-9H,10-11H2,1H3. The number of amides is 1. The first-order chi connectivity index (χ1) is 10.1. The quantitative estimate of drug-likeness (QED) is 0.814. The van der Waals surface area contributed by atoms with Gasteiger partial charge in [0.25, 0.3) is 0 Å². The minimum atomic E-state index is -0.334. The van der Waals surface area contributed by atoms with E-state index in [2.05, 4.69) is 0 Å². The first-order valence-corrected chi connectivity index (χ1v) is 7.95. The molecular weight excluding hydrogens is 309 g/mol. The smallest absolute Gasteiger partial charge is 0.236 e. The third kappa shape index (κ3) is 4.22. The fourth-order valence-electron chi connectivity index (χ4n) is 1.80. The number of rotatable bonds is 5. The Bertz CT molecular complexity index is 601. The number of thioether (sulfide) groups is 1. The van der Waals surface area contributed by atoms with Gasteiger partial charge in [-0.15, -0.1) is 11.8 Å². The molecule has 0 aliphatic heterocycles. The minimum Gasteiger partial charge on any atom is -0.315 e. The molecule has 0 spiro atoms. The SMILES string of the molecule is CN(C(=O)CSCc1c(F)cccc1Cl)c1ccccc1. The van der Waals surface area contributed by atoms with Crippen molar-refractivity contribution in [2.45, 2.75) is 5.75 Å². The van der Waals surface area contributed by atoms with Crippen molar-refractivity contribution in [3.63, 3.8) is 0 Å². The van der Waals surface area contributed by atoms with Gasteiger partial charge in [0.15, 0.2) is 0 Å². The lowest BCUT2D eigenvalue weighted by Crippen LogP contribution is -2.27. The van der Waals surface area contributed by atoms with Gasteiger partial charge in [0, 0.05) is 29.1 Å². The molecular formula is C16H15ClFNOS. The third-order valence-electron chi connectivity index (χ3n) is 3.05. The molecule has 0 fully saturated rings. The summed E-state index contributed by atoms with van der Waals surface area (Å²) in [4.78, 5) is 13.7. The molecule has 0 unspecified atom stereocenters. The lowest BCUT2D eigenvalue weighted by atomic mass is 10.2. The van der Waals surface area contributed by atoms with Crippen LogP contribution in [0.5, 0.6) is 0 Å². The summed E-state index contributed by atoms with van der Waals surface area (Å²) in [6, 6.07) is 14.0. The van der Waals surface area contributed by atoms with Gasteiger partial charge >= 0.3 is 0 Å². The van der Waals surface area contributed by atoms with Gasteiger partial charge in [0.1, 0.15) is 5.82 Å². The number of benzene rings is 2. The van der Waals surface area contributed by atoms with Crippen molar-refractivity contribution >= 4 is 35.0 Å². The molecule has 0 N–H and O–H groups in total. The maximum Gasteiger partial charge on any atom is 0.236 e. The van der Waals surface area contributed by atoms with Crippen LogP contribution in [0.3, 0.4) is 0 Å². The van der Waals surface area contributed by atoms with Crippen molar-refractivity contribution in [3.05, 3.63) is 64.9 Å². The fraction of sp³-hybridized carbons (Fsp3) is 0.188. The second-order valence-electron chi connectivity index (χ2n) is 4.48. The molecule has 2 aromatic carbocycles. The van der Waals surface area contributed by atoms with E-state index >= 15 is 0 Å². The molecule has 110 valence electrons. The van der Waals surface area contributed by atoms with Crippen LogP contribution in [0.25, 0.3) is 0 Å². The zero-order chi connectivity index (χ0) is 15.2. The second kappa shape index (κ2) is 7.48. The van der Waals surface area contributed by atoms with Crippen molar-refractivity contribution in [3.8, 4) is 0 Å². The Morgan fingerprint density at radius 3 is 2.57 bits per heavy atom. The molecule has 0 aliphatic rings. The molecule has 0 bridgehead atoms. The monoisotopic (exact) mass is 323 g/mol. The highest BCUT2D eigenvalue weighted by atomic mass is 35.5. The number of anilines is 1. The van der Waals surface area contributed by atoms with Gasteiger partial charge in [-0.1, -0.05) is 35.9 Å². The Labute approximate surface area is 132 Å². The molecule has 0 saturated carbocycles. The first kappa shape index (κ1) is 15.9. The van der Waals surface area contributed by atoms with Gasteiger partial charge in [0.2, 0.25) is 5.91 Å². The van der Waals surface area contributed by atoms with E-state index in [1.165, 1.54) is 17.8 Å². The summed E-state index contributed by atoms with van der Waals surface area (Å²) >= 11 is 7.30. The van der Waals surface area contributed by atoms with E-state index in [0.29, 0.717) is 16.3 Å². The number of carbonyl (C=O) groups is 1. The Balaban J connectivity index is 1.90. The number of hydrogen-bond donors (Lipinski definition) is 0. The van der Waals surface area contributed by atoms with E-state index in [1.807, 2.05) is 30.3 Å². The van der Waals surface area contributed by atoms with Gasteiger partial charge in [-0.25, -0.2) is 4.39 Å². The highest BCUT2D eigenvalue weighted by Crippen LogP contribution is 2.24. The van der Waals surface area contributed by atoms with E-state index in [4.69, 9.17) is 11.6 Å². The number of hydrogen-bond acceptors (Lipinski definition) is 2. The molecule has 0 saturated heterocycles. The van der Waals surface area contributed by atoms with E-state index in [9.17, 15) is 9.18 Å². The summed E-state index contributed by atoms with van der Waals surface area (Å²) < 4.78 is 13.6. The maximum atomic E-state index is 13.6. The molecule has 0 aromatic heterocycles. The highest BCUT2D eigenvalue weighted by Gasteiger charge is 2.12. The number of para-hydroxylation sites is 1. The van der Waals surface area contributed by atoms with Gasteiger partial charge in [-0.2, -0.15) is 0 Å². The van der Waals surface area contributed by atoms with Gasteiger partial charge in [0.05, 0.1) is 5.75 Å². The number of halogens is 2. The van der Waals surface area contributed by atoms with E-state index in [-0.39, 0.29) is 17.5 Å². The molecule has 0 aliphatic carbocycles. The lowest BCUT2D eigenvalue weighted by molar-refractivity contribution is -0.115. The van der Waals surface area contributed by atoms with Crippen LogP contribution >= 0.6 is 23.4 Å². The van der Waals surface area contributed by atoms with E-state index in [0.717, 1.165) is 5.69 Å². The molecule has 0 atom stereocenters. The lowest BCUT2D eigenvalue weighted by Gasteiger charge is -2.17. The average molecular weight is 324 g/mol. The normalized spacial score (nSPS) is 10.4. The van der Waals surface area contributed by atoms with Crippen molar-refractivity contribution < 1.29 is 9.18 Å². The van der Waals surface area contributed by atoms with Crippen LogP contribution in [0.2, 0.25) is 5.02 Å². The molecule has 2 nitrogen and oxygen atoms in total. The van der Waals surface area contributed by atoms with Crippen LogP contribution in [-0.2, 0) is 10.5 Å². The molecule has 21 heavy (non-hydrogen) atoms. The average Bonchev–Trinajstić information content (AvgIpc) is 2.50. The maximum absolute atomic E-state index is 13.6. The van der Waals surface area contributed by atoms with Crippen molar-refractivity contribution in [2.24, 2.45) is 0 Å². The van der Waals surface area contributed by atoms with Crippen molar-refractivity contribution in [1.82, 2.24) is 0 Å². The predicted molar refractivity (Wildman–Crippen MR) is 87.4 cm³/mol. The second-order valence-corrected chi connectivity index (χ2v) is 5.87. The highest BCUT2D eigenvalue weighted by molar-refractivity contribution is 7.99. The van der Waals surface area contributed by atoms with Gasteiger partial charge in [-0.05, 0) is 24.3 Å². The molecule has 0 heterocycles. The van der Waals surface area contributed by atoms with Crippen LogP contribution in [-0.4, -0.2) is 18.7 Å². The third-order valence-corrected chi connectivity index (χ3v) is 4.35. The van der Waals surface area contributed by atoms with Crippen LogP contribution in [0, 0.1) is 5.82 Å². The Hall–Kier alpha value is -1.52. The first-order valence-electron chi connectivity index (χ1n) is 6.42. The minimum absolute atomic E-state index is 0.0290. The topological polar surface area (TPSA) is 20.3 Å². The molecule has 1 amide bonds. The van der Waals surface area contributed by atoms with Gasteiger partial charge in [-0.3, -0.25) is 4.79 Å². The summed E-state index contributed by atoms with van der Waals surface area (Å²) in [6.07, 6.45) is 0. The summed E-state index contributed by atoms with van der Waals surface area (Å²) in [5, 5.41) is 0.395. The van der Waals surface area contributed by atoms with Crippen LogP contribution in [0.1, 0.15) is 5.56 Å². The van der Waals surface area contributed by atoms with Crippen LogP contribution in [0.4, 0.5) is 10.1 Å². The largest absolute Gasteiger partial charge is 0.315 e.